The van der Waals surface area contributed by atoms with Crippen LogP contribution in [0.5, 0.6) is 0 Å². The van der Waals surface area contributed by atoms with Crippen LogP contribution in [-0.4, -0.2) is 33.1 Å². The fourth-order valence-electron chi connectivity index (χ4n) is 1.91. The van der Waals surface area contributed by atoms with Crippen molar-refractivity contribution in [3.05, 3.63) is 23.2 Å². The molecular formula is C11H14ClN3O2. The van der Waals surface area contributed by atoms with E-state index in [4.69, 9.17) is 11.6 Å². The Bertz CT molecular complexity index is 388. The Labute approximate surface area is 104 Å². The molecule has 2 rings (SSSR count). The molecule has 0 aliphatic heterocycles. The van der Waals surface area contributed by atoms with Gasteiger partial charge in [-0.15, -0.1) is 0 Å². The van der Waals surface area contributed by atoms with Crippen LogP contribution in [0.25, 0.3) is 0 Å². The summed E-state index contributed by atoms with van der Waals surface area (Å²) in [6, 6.07) is 0.114. The van der Waals surface area contributed by atoms with E-state index in [1.54, 1.807) is 0 Å². The number of hydrogen-bond acceptors (Lipinski definition) is 4. The van der Waals surface area contributed by atoms with Gasteiger partial charge in [0.05, 0.1) is 18.5 Å². The van der Waals surface area contributed by atoms with Gasteiger partial charge in [0.1, 0.15) is 10.8 Å². The normalized spacial score (nSPS) is 24.4. The largest absolute Gasteiger partial charge is 0.393 e. The van der Waals surface area contributed by atoms with Crippen molar-refractivity contribution in [3.63, 3.8) is 0 Å². The highest BCUT2D eigenvalue weighted by Gasteiger charge is 2.21. The van der Waals surface area contributed by atoms with E-state index >= 15 is 0 Å². The highest BCUT2D eigenvalue weighted by Crippen LogP contribution is 2.18. The van der Waals surface area contributed by atoms with Gasteiger partial charge in [-0.3, -0.25) is 4.79 Å². The maximum absolute atomic E-state index is 11.8. The zero-order chi connectivity index (χ0) is 12.3. The number of nitrogens with one attached hydrogen (secondary N) is 1. The molecule has 1 fully saturated rings. The number of aliphatic hydroxyl groups excluding tert-OH is 1. The van der Waals surface area contributed by atoms with E-state index in [1.807, 2.05) is 0 Å². The zero-order valence-electron chi connectivity index (χ0n) is 9.27. The highest BCUT2D eigenvalue weighted by molar-refractivity contribution is 6.29. The molecule has 1 aliphatic rings. The van der Waals surface area contributed by atoms with Crippen LogP contribution >= 0.6 is 11.6 Å². The van der Waals surface area contributed by atoms with Gasteiger partial charge in [0.15, 0.2) is 0 Å². The summed E-state index contributed by atoms with van der Waals surface area (Å²) in [4.78, 5) is 19.5. The number of nitrogens with zero attached hydrogens (tertiary/aromatic N) is 2. The van der Waals surface area contributed by atoms with Gasteiger partial charge in [0.25, 0.3) is 5.91 Å². The summed E-state index contributed by atoms with van der Waals surface area (Å²) in [5.41, 5.74) is 0.264. The first-order chi connectivity index (χ1) is 8.15. The Balaban J connectivity index is 1.91. The number of halogens is 1. The monoisotopic (exact) mass is 255 g/mol. The molecule has 5 nitrogen and oxygen atoms in total. The Morgan fingerprint density at radius 3 is 2.59 bits per heavy atom. The van der Waals surface area contributed by atoms with E-state index in [0.717, 1.165) is 25.7 Å². The van der Waals surface area contributed by atoms with Crippen molar-refractivity contribution in [3.8, 4) is 0 Å². The third-order valence-corrected chi connectivity index (χ3v) is 3.08. The fourth-order valence-corrected chi connectivity index (χ4v) is 2.01. The Morgan fingerprint density at radius 2 is 2.00 bits per heavy atom. The Morgan fingerprint density at radius 1 is 1.29 bits per heavy atom. The second-order valence-corrected chi connectivity index (χ2v) is 4.59. The molecule has 0 radical (unpaired) electrons. The predicted octanol–water partition coefficient (Wildman–Crippen LogP) is 1.16. The SMILES string of the molecule is O=C(NC1CCC(O)CC1)c1cnc(Cl)cn1. The maximum atomic E-state index is 11.8. The van der Waals surface area contributed by atoms with Crippen LogP contribution in [0.4, 0.5) is 0 Å². The van der Waals surface area contributed by atoms with Gasteiger partial charge in [-0.1, -0.05) is 11.6 Å². The fraction of sp³-hybridized carbons (Fsp3) is 0.545. The summed E-state index contributed by atoms with van der Waals surface area (Å²) in [7, 11) is 0. The summed E-state index contributed by atoms with van der Waals surface area (Å²) >= 11 is 5.59. The molecule has 92 valence electrons. The number of amides is 1. The van der Waals surface area contributed by atoms with Crippen molar-refractivity contribution in [1.29, 1.82) is 0 Å². The molecule has 2 N–H and O–H groups in total. The zero-order valence-corrected chi connectivity index (χ0v) is 10.0. The molecule has 0 saturated heterocycles. The second kappa shape index (κ2) is 5.42. The van der Waals surface area contributed by atoms with Crippen molar-refractivity contribution in [2.45, 2.75) is 37.8 Å². The minimum absolute atomic E-state index is 0.114. The summed E-state index contributed by atoms with van der Waals surface area (Å²) in [6.45, 7) is 0. The molecule has 0 unspecified atom stereocenters. The molecule has 0 atom stereocenters. The van der Waals surface area contributed by atoms with Crippen LogP contribution in [0.3, 0.4) is 0 Å². The number of rotatable bonds is 2. The number of aliphatic hydroxyl groups is 1. The minimum Gasteiger partial charge on any atom is -0.393 e. The Hall–Kier alpha value is -1.20. The van der Waals surface area contributed by atoms with Gasteiger partial charge in [0.2, 0.25) is 0 Å². The standard InChI is InChI=1S/C11H14ClN3O2/c12-10-6-13-9(5-14-10)11(17)15-7-1-3-8(16)4-2-7/h5-8,16H,1-4H2,(H,15,17). The lowest BCUT2D eigenvalue weighted by Gasteiger charge is -2.25. The number of carbonyl (C=O) groups is 1. The third-order valence-electron chi connectivity index (χ3n) is 2.88. The van der Waals surface area contributed by atoms with Crippen LogP contribution < -0.4 is 5.32 Å². The van der Waals surface area contributed by atoms with Crippen LogP contribution in [0.1, 0.15) is 36.2 Å². The quantitative estimate of drug-likeness (QED) is 0.832. The lowest BCUT2D eigenvalue weighted by molar-refractivity contribution is 0.0863. The smallest absolute Gasteiger partial charge is 0.271 e. The Kier molecular flexibility index (Phi) is 3.91. The number of aromatic nitrogens is 2. The summed E-state index contributed by atoms with van der Waals surface area (Å²) in [5.74, 6) is -0.240. The first-order valence-corrected chi connectivity index (χ1v) is 5.99. The summed E-state index contributed by atoms with van der Waals surface area (Å²) < 4.78 is 0. The third kappa shape index (κ3) is 3.38. The van der Waals surface area contributed by atoms with Gasteiger partial charge >= 0.3 is 0 Å². The molecule has 1 aromatic rings. The average Bonchev–Trinajstić information content (AvgIpc) is 2.33. The molecule has 1 aliphatic carbocycles. The molecule has 0 bridgehead atoms. The van der Waals surface area contributed by atoms with E-state index in [-0.39, 0.29) is 28.9 Å². The topological polar surface area (TPSA) is 75.1 Å². The lowest BCUT2D eigenvalue weighted by atomic mass is 9.93. The molecular weight excluding hydrogens is 242 g/mol. The van der Waals surface area contributed by atoms with E-state index in [2.05, 4.69) is 15.3 Å². The van der Waals surface area contributed by atoms with Crippen molar-refractivity contribution < 1.29 is 9.90 Å². The molecule has 0 spiro atoms. The molecule has 17 heavy (non-hydrogen) atoms. The number of hydrogen-bond donors (Lipinski definition) is 2. The highest BCUT2D eigenvalue weighted by atomic mass is 35.5. The van der Waals surface area contributed by atoms with Crippen LogP contribution in [0.15, 0.2) is 12.4 Å². The maximum Gasteiger partial charge on any atom is 0.271 e. The minimum atomic E-state index is -0.240. The van der Waals surface area contributed by atoms with Crippen LogP contribution in [-0.2, 0) is 0 Å². The molecule has 0 aromatic carbocycles. The molecule has 1 aromatic heterocycles. The molecule has 1 heterocycles. The number of carbonyl (C=O) groups excluding carboxylic acids is 1. The van der Waals surface area contributed by atoms with E-state index < -0.39 is 0 Å². The first kappa shape index (κ1) is 12.3. The summed E-state index contributed by atoms with van der Waals surface area (Å²) in [6.07, 6.45) is 5.55. The van der Waals surface area contributed by atoms with Crippen molar-refractivity contribution in [2.75, 3.05) is 0 Å². The van der Waals surface area contributed by atoms with Crippen LogP contribution in [0.2, 0.25) is 5.15 Å². The van der Waals surface area contributed by atoms with Crippen molar-refractivity contribution in [2.24, 2.45) is 0 Å². The van der Waals surface area contributed by atoms with Crippen LogP contribution in [0, 0.1) is 0 Å². The molecule has 1 saturated carbocycles. The molecule has 6 heteroatoms. The van der Waals surface area contributed by atoms with Crippen molar-refractivity contribution >= 4 is 17.5 Å². The van der Waals surface area contributed by atoms with Gasteiger partial charge in [-0.05, 0) is 25.7 Å². The first-order valence-electron chi connectivity index (χ1n) is 5.61. The van der Waals surface area contributed by atoms with E-state index in [9.17, 15) is 9.90 Å². The van der Waals surface area contributed by atoms with Gasteiger partial charge in [-0.2, -0.15) is 0 Å². The summed E-state index contributed by atoms with van der Waals surface area (Å²) in [5, 5.41) is 12.5. The van der Waals surface area contributed by atoms with Crippen molar-refractivity contribution in [1.82, 2.24) is 15.3 Å². The van der Waals surface area contributed by atoms with Gasteiger partial charge < -0.3 is 10.4 Å². The molecule has 1 amide bonds. The average molecular weight is 256 g/mol. The second-order valence-electron chi connectivity index (χ2n) is 4.20. The van der Waals surface area contributed by atoms with Gasteiger partial charge in [0, 0.05) is 6.04 Å². The lowest BCUT2D eigenvalue weighted by Crippen LogP contribution is -2.38. The van der Waals surface area contributed by atoms with E-state index in [1.165, 1.54) is 12.4 Å². The van der Waals surface area contributed by atoms with Gasteiger partial charge in [-0.25, -0.2) is 9.97 Å². The van der Waals surface area contributed by atoms with E-state index in [0.29, 0.717) is 0 Å². The predicted molar refractivity (Wildman–Crippen MR) is 62.8 cm³/mol.